The minimum absolute atomic E-state index is 0.0562. The van der Waals surface area contributed by atoms with Crippen molar-refractivity contribution in [1.29, 1.82) is 0 Å². The summed E-state index contributed by atoms with van der Waals surface area (Å²) in [5, 5.41) is 9.11. The van der Waals surface area contributed by atoms with E-state index >= 15 is 0 Å². The van der Waals surface area contributed by atoms with Crippen LogP contribution in [-0.4, -0.2) is 25.3 Å². The van der Waals surface area contributed by atoms with Crippen LogP contribution in [0.1, 0.15) is 22.8 Å². The average molecular weight is 300 g/mol. The number of rotatable bonds is 3. The molecule has 0 amide bonds. The highest BCUT2D eigenvalue weighted by atomic mass is 16.5. The molecule has 0 heterocycles. The number of methoxy groups -OCH3 is 2. The number of phenols is 1. The van der Waals surface area contributed by atoms with Gasteiger partial charge in [-0.3, -0.25) is 0 Å². The Morgan fingerprint density at radius 3 is 2.18 bits per heavy atom. The fourth-order valence-corrected chi connectivity index (χ4v) is 1.66. The lowest BCUT2D eigenvalue weighted by molar-refractivity contribution is 0.0597. The van der Waals surface area contributed by atoms with Gasteiger partial charge in [0.1, 0.15) is 17.1 Å². The Bertz CT molecular complexity index is 615. The van der Waals surface area contributed by atoms with Crippen LogP contribution in [0.3, 0.4) is 0 Å². The number of aromatic hydroxyl groups is 1. The van der Waals surface area contributed by atoms with Crippen LogP contribution in [0.2, 0.25) is 0 Å². The van der Waals surface area contributed by atoms with Crippen LogP contribution in [-0.2, 0) is 4.74 Å². The van der Waals surface area contributed by atoms with Crippen molar-refractivity contribution in [1.82, 2.24) is 0 Å². The monoisotopic (exact) mass is 300 g/mol. The van der Waals surface area contributed by atoms with Crippen molar-refractivity contribution >= 4 is 12.0 Å². The zero-order chi connectivity index (χ0) is 16.4. The Hall–Kier alpha value is -2.75. The third-order valence-electron chi connectivity index (χ3n) is 2.78. The molecule has 0 saturated carbocycles. The van der Waals surface area contributed by atoms with Crippen LogP contribution in [0.15, 0.2) is 54.6 Å². The number of hydrogen-bond donors (Lipinski definition) is 1. The van der Waals surface area contributed by atoms with E-state index in [2.05, 4.69) is 10.8 Å². The van der Waals surface area contributed by atoms with Gasteiger partial charge >= 0.3 is 5.97 Å². The maximum atomic E-state index is 10.9. The van der Waals surface area contributed by atoms with Crippen LogP contribution in [0.5, 0.6) is 11.5 Å². The highest BCUT2D eigenvalue weighted by Crippen LogP contribution is 2.15. The van der Waals surface area contributed by atoms with Gasteiger partial charge < -0.3 is 14.6 Å². The first-order valence-electron chi connectivity index (χ1n) is 6.75. The number of carbonyl (C=O) groups is 1. The summed E-state index contributed by atoms with van der Waals surface area (Å²) in [6, 6.07) is 14.2. The molecule has 1 N–H and O–H groups in total. The van der Waals surface area contributed by atoms with Crippen LogP contribution < -0.4 is 4.74 Å². The Kier molecular flexibility index (Phi) is 7.26. The van der Waals surface area contributed by atoms with E-state index in [0.29, 0.717) is 0 Å². The lowest BCUT2D eigenvalue weighted by atomic mass is 10.2. The first-order chi connectivity index (χ1) is 10.6. The van der Waals surface area contributed by atoms with Gasteiger partial charge in [-0.05, 0) is 36.8 Å². The van der Waals surface area contributed by atoms with Gasteiger partial charge in [0.2, 0.25) is 0 Å². The summed E-state index contributed by atoms with van der Waals surface area (Å²) in [6.07, 6.45) is 4.07. The number of para-hydroxylation sites is 1. The van der Waals surface area contributed by atoms with Crippen LogP contribution in [0.25, 0.3) is 6.08 Å². The topological polar surface area (TPSA) is 55.8 Å². The highest BCUT2D eigenvalue weighted by Gasteiger charge is 2.08. The lowest BCUT2D eigenvalue weighted by Crippen LogP contribution is -2.00. The van der Waals surface area contributed by atoms with Crippen molar-refractivity contribution in [2.24, 2.45) is 0 Å². The highest BCUT2D eigenvalue weighted by molar-refractivity contribution is 5.92. The molecule has 0 aliphatic heterocycles. The van der Waals surface area contributed by atoms with Crippen molar-refractivity contribution < 1.29 is 19.4 Å². The van der Waals surface area contributed by atoms with Gasteiger partial charge in [0.05, 0.1) is 14.2 Å². The third-order valence-corrected chi connectivity index (χ3v) is 2.78. The predicted molar refractivity (Wildman–Crippen MR) is 87.1 cm³/mol. The minimum Gasteiger partial charge on any atom is -0.507 e. The van der Waals surface area contributed by atoms with E-state index in [1.54, 1.807) is 19.2 Å². The second kappa shape index (κ2) is 9.23. The van der Waals surface area contributed by atoms with Crippen LogP contribution in [0, 0.1) is 0 Å². The smallest absolute Gasteiger partial charge is 0.341 e. The number of esters is 1. The average Bonchev–Trinajstić information content (AvgIpc) is 2.56. The number of carbonyl (C=O) groups excluding carboxylic acids is 1. The quantitative estimate of drug-likeness (QED) is 0.873. The molecule has 0 radical (unpaired) electrons. The zero-order valence-corrected chi connectivity index (χ0v) is 12.9. The summed E-state index contributed by atoms with van der Waals surface area (Å²) in [5.74, 6) is 0.320. The number of hydrogen-bond acceptors (Lipinski definition) is 4. The molecular weight excluding hydrogens is 280 g/mol. The van der Waals surface area contributed by atoms with E-state index in [-0.39, 0.29) is 11.3 Å². The molecule has 0 aliphatic rings. The molecule has 0 saturated heterocycles. The fourth-order valence-electron chi connectivity index (χ4n) is 1.66. The molecule has 2 aromatic carbocycles. The molecule has 0 fully saturated rings. The van der Waals surface area contributed by atoms with E-state index in [0.717, 1.165) is 5.75 Å². The fraction of sp³-hybridized carbons (Fsp3) is 0.167. The zero-order valence-electron chi connectivity index (χ0n) is 12.9. The largest absolute Gasteiger partial charge is 0.507 e. The second-order valence-corrected chi connectivity index (χ2v) is 4.28. The van der Waals surface area contributed by atoms with Crippen molar-refractivity contribution in [2.45, 2.75) is 6.92 Å². The van der Waals surface area contributed by atoms with Crippen molar-refractivity contribution in [2.75, 3.05) is 14.2 Å². The van der Waals surface area contributed by atoms with Crippen LogP contribution >= 0.6 is 0 Å². The lowest BCUT2D eigenvalue weighted by Gasteiger charge is -1.99. The molecule has 0 aliphatic carbocycles. The summed E-state index contributed by atoms with van der Waals surface area (Å²) >= 11 is 0. The number of benzene rings is 2. The SMILES string of the molecule is CC=Cc1ccc(OC)cc1.COC(=O)c1ccccc1O. The maximum Gasteiger partial charge on any atom is 0.341 e. The summed E-state index contributed by atoms with van der Waals surface area (Å²) in [7, 11) is 2.94. The first-order valence-corrected chi connectivity index (χ1v) is 6.75. The van der Waals surface area contributed by atoms with Crippen molar-refractivity contribution in [3.05, 3.63) is 65.7 Å². The molecule has 4 nitrogen and oxygen atoms in total. The van der Waals surface area contributed by atoms with Crippen LogP contribution in [0.4, 0.5) is 0 Å². The molecule has 0 atom stereocenters. The van der Waals surface area contributed by atoms with E-state index < -0.39 is 5.97 Å². The van der Waals surface area contributed by atoms with Gasteiger partial charge in [0.15, 0.2) is 0 Å². The molecule has 2 rings (SSSR count). The Morgan fingerprint density at radius 2 is 1.68 bits per heavy atom. The van der Waals surface area contributed by atoms with Gasteiger partial charge in [0, 0.05) is 0 Å². The second-order valence-electron chi connectivity index (χ2n) is 4.28. The molecule has 4 heteroatoms. The van der Waals surface area contributed by atoms with Gasteiger partial charge in [-0.25, -0.2) is 4.79 Å². The minimum atomic E-state index is -0.525. The number of allylic oxidation sites excluding steroid dienone is 1. The van der Waals surface area contributed by atoms with Gasteiger partial charge in [-0.2, -0.15) is 0 Å². The van der Waals surface area contributed by atoms with Gasteiger partial charge in [0.25, 0.3) is 0 Å². The molecule has 0 spiro atoms. The molecule has 22 heavy (non-hydrogen) atoms. The standard InChI is InChI=1S/C10H12O.C8H8O3/c1-3-4-9-5-7-10(11-2)8-6-9;1-11-8(10)6-4-2-3-5-7(6)9/h3-8H,1-2H3;2-5,9H,1H3. The maximum absolute atomic E-state index is 10.9. The first kappa shape index (κ1) is 17.3. The number of ether oxygens (including phenoxy) is 2. The summed E-state index contributed by atoms with van der Waals surface area (Å²) < 4.78 is 9.44. The van der Waals surface area contributed by atoms with Crippen molar-refractivity contribution in [3.63, 3.8) is 0 Å². The summed E-state index contributed by atoms with van der Waals surface area (Å²) in [5.41, 5.74) is 1.39. The Morgan fingerprint density at radius 1 is 1.05 bits per heavy atom. The van der Waals surface area contributed by atoms with E-state index in [9.17, 15) is 4.79 Å². The normalized spacial score (nSPS) is 9.77. The molecule has 116 valence electrons. The Balaban J connectivity index is 0.000000220. The predicted octanol–water partition coefficient (Wildman–Crippen LogP) is 3.91. The van der Waals surface area contributed by atoms with Gasteiger partial charge in [-0.15, -0.1) is 0 Å². The summed E-state index contributed by atoms with van der Waals surface area (Å²) in [6.45, 7) is 2.00. The summed E-state index contributed by atoms with van der Waals surface area (Å²) in [4.78, 5) is 10.9. The molecule has 0 aromatic heterocycles. The third kappa shape index (κ3) is 5.32. The van der Waals surface area contributed by atoms with Crippen molar-refractivity contribution in [3.8, 4) is 11.5 Å². The van der Waals surface area contributed by atoms with E-state index in [4.69, 9.17) is 9.84 Å². The molecular formula is C18H20O4. The molecule has 2 aromatic rings. The number of phenolic OH excluding ortho intramolecular Hbond substituents is 1. The van der Waals surface area contributed by atoms with Gasteiger partial charge in [-0.1, -0.05) is 36.4 Å². The van der Waals surface area contributed by atoms with E-state index in [1.165, 1.54) is 24.8 Å². The van der Waals surface area contributed by atoms with E-state index in [1.807, 2.05) is 37.3 Å². The Labute approximate surface area is 130 Å². The molecule has 0 bridgehead atoms. The molecule has 0 unspecified atom stereocenters.